The maximum Gasteiger partial charge on any atom is 0.274 e. The van der Waals surface area contributed by atoms with E-state index in [1.54, 1.807) is 30.1 Å². The Hall–Kier alpha value is -1.00. The van der Waals surface area contributed by atoms with Crippen molar-refractivity contribution in [2.45, 2.75) is 5.75 Å². The van der Waals surface area contributed by atoms with Gasteiger partial charge in [-0.1, -0.05) is 0 Å². The van der Waals surface area contributed by atoms with Gasteiger partial charge in [-0.3, -0.25) is 10.1 Å². The third kappa shape index (κ3) is 7.56. The summed E-state index contributed by atoms with van der Waals surface area (Å²) in [6.45, 7) is 0.661. The molecule has 0 aliphatic rings. The van der Waals surface area contributed by atoms with Crippen LogP contribution in [0.4, 0.5) is 5.13 Å². The van der Waals surface area contributed by atoms with E-state index in [1.807, 2.05) is 12.4 Å². The van der Waals surface area contributed by atoms with E-state index in [1.165, 1.54) is 0 Å². The second-order valence-corrected chi connectivity index (χ2v) is 5.41. The first-order chi connectivity index (χ1) is 9.15. The third-order valence-electron chi connectivity index (χ3n) is 2.08. The third-order valence-corrected chi connectivity index (χ3v) is 3.98. The summed E-state index contributed by atoms with van der Waals surface area (Å²) < 4.78 is 0. The molecule has 1 heterocycles. The van der Waals surface area contributed by atoms with E-state index >= 15 is 0 Å². The molecule has 0 bridgehead atoms. The first-order valence-corrected chi connectivity index (χ1v) is 7.66. The first-order valence-electron chi connectivity index (χ1n) is 5.62. The molecule has 0 saturated heterocycles. The lowest BCUT2D eigenvalue weighted by atomic mass is 10.6. The molecule has 0 aliphatic carbocycles. The molecule has 114 valence electrons. The first kappa shape index (κ1) is 19.0. The van der Waals surface area contributed by atoms with Gasteiger partial charge in [-0.15, -0.1) is 28.3 Å². The average Bonchev–Trinajstić information content (AvgIpc) is 2.84. The fourth-order valence-electron chi connectivity index (χ4n) is 1.23. The van der Waals surface area contributed by atoms with Gasteiger partial charge in [0, 0.05) is 37.5 Å². The molecule has 1 aromatic rings. The summed E-state index contributed by atoms with van der Waals surface area (Å²) in [6.07, 6.45) is 0.921. The van der Waals surface area contributed by atoms with Crippen LogP contribution in [0.3, 0.4) is 0 Å². The van der Waals surface area contributed by atoms with Gasteiger partial charge in [0.1, 0.15) is 0 Å². The summed E-state index contributed by atoms with van der Waals surface area (Å²) in [5.41, 5.74) is 1.05. The van der Waals surface area contributed by atoms with E-state index in [0.717, 1.165) is 28.5 Å². The van der Waals surface area contributed by atoms with Gasteiger partial charge >= 0.3 is 0 Å². The molecule has 0 spiro atoms. The van der Waals surface area contributed by atoms with Gasteiger partial charge in [0.15, 0.2) is 11.0 Å². The molecule has 7 nitrogen and oxygen atoms in total. The van der Waals surface area contributed by atoms with E-state index in [2.05, 4.69) is 20.9 Å². The molecule has 0 fully saturated rings. The van der Waals surface area contributed by atoms with Crippen molar-refractivity contribution in [1.82, 2.24) is 15.6 Å². The topological polar surface area (TPSA) is 92.1 Å². The van der Waals surface area contributed by atoms with Crippen molar-refractivity contribution in [2.75, 3.05) is 31.7 Å². The van der Waals surface area contributed by atoms with E-state index in [9.17, 15) is 10.1 Å². The Balaban J connectivity index is 0.00000361. The summed E-state index contributed by atoms with van der Waals surface area (Å²) in [5, 5.41) is 21.9. The van der Waals surface area contributed by atoms with Crippen molar-refractivity contribution in [3.8, 4) is 0 Å². The van der Waals surface area contributed by atoms with Crippen LogP contribution in [0.1, 0.15) is 5.69 Å². The number of nitrogens with one attached hydrogen (secondary N) is 3. The molecular weight excluding hydrogens is 366 g/mol. The fraction of sp³-hybridized carbons (Fsp3) is 0.500. The second kappa shape index (κ2) is 10.7. The van der Waals surface area contributed by atoms with Gasteiger partial charge in [-0.05, 0) is 0 Å². The van der Waals surface area contributed by atoms with E-state index in [-0.39, 0.29) is 17.0 Å². The van der Waals surface area contributed by atoms with Crippen molar-refractivity contribution in [1.29, 1.82) is 0 Å². The highest BCUT2D eigenvalue weighted by molar-refractivity contribution is 8.93. The van der Waals surface area contributed by atoms with Crippen LogP contribution >= 0.6 is 40.1 Å². The smallest absolute Gasteiger partial charge is 0.274 e. The van der Waals surface area contributed by atoms with E-state index in [4.69, 9.17) is 0 Å². The highest BCUT2D eigenvalue weighted by atomic mass is 79.9. The molecule has 0 atom stereocenters. The quantitative estimate of drug-likeness (QED) is 0.340. The maximum atomic E-state index is 10.3. The highest BCUT2D eigenvalue weighted by Gasteiger charge is 2.01. The van der Waals surface area contributed by atoms with Gasteiger partial charge in [-0.2, -0.15) is 11.8 Å². The van der Waals surface area contributed by atoms with Crippen LogP contribution in [-0.4, -0.2) is 36.3 Å². The molecule has 0 aromatic carbocycles. The molecule has 0 aliphatic heterocycles. The molecule has 0 saturated carbocycles. The molecule has 10 heteroatoms. The summed E-state index contributed by atoms with van der Waals surface area (Å²) in [4.78, 5) is 14.2. The number of rotatable bonds is 9. The number of thiazole rings is 1. The van der Waals surface area contributed by atoms with Crippen LogP contribution in [0, 0.1) is 10.1 Å². The minimum absolute atomic E-state index is 0. The Labute approximate surface area is 136 Å². The Bertz CT molecular complexity index is 441. The number of nitro groups is 1. The molecular formula is C10H18BrN5O2S2. The lowest BCUT2D eigenvalue weighted by Crippen LogP contribution is -2.26. The van der Waals surface area contributed by atoms with Crippen LogP contribution < -0.4 is 16.0 Å². The molecule has 0 amide bonds. The van der Waals surface area contributed by atoms with Gasteiger partial charge in [0.2, 0.25) is 0 Å². The average molecular weight is 384 g/mol. The largest absolute Gasteiger partial charge is 0.370 e. The van der Waals surface area contributed by atoms with Crippen molar-refractivity contribution >= 4 is 45.2 Å². The number of thioether (sulfide) groups is 1. The molecule has 0 radical (unpaired) electrons. The maximum absolute atomic E-state index is 10.3. The lowest BCUT2D eigenvalue weighted by molar-refractivity contribution is -0.404. The lowest BCUT2D eigenvalue weighted by Gasteiger charge is -2.06. The summed E-state index contributed by atoms with van der Waals surface area (Å²) >= 11 is 3.31. The molecule has 20 heavy (non-hydrogen) atoms. The van der Waals surface area contributed by atoms with E-state index < -0.39 is 4.92 Å². The zero-order valence-corrected chi connectivity index (χ0v) is 14.6. The minimum Gasteiger partial charge on any atom is -0.370 e. The minimum atomic E-state index is -0.486. The van der Waals surface area contributed by atoms with Crippen molar-refractivity contribution < 1.29 is 4.92 Å². The Morgan fingerprint density at radius 3 is 2.90 bits per heavy atom. The number of anilines is 1. The van der Waals surface area contributed by atoms with Crippen LogP contribution in [0.15, 0.2) is 17.4 Å². The summed E-state index contributed by atoms with van der Waals surface area (Å²) in [5.74, 6) is 2.10. The summed E-state index contributed by atoms with van der Waals surface area (Å²) in [6, 6.07) is 0. The normalized spacial score (nSPS) is 10.6. The molecule has 1 rings (SSSR count). The van der Waals surface area contributed by atoms with Crippen molar-refractivity contribution in [2.24, 2.45) is 0 Å². The predicted octanol–water partition coefficient (Wildman–Crippen LogP) is 1.88. The van der Waals surface area contributed by atoms with Crippen LogP contribution in [-0.2, 0) is 5.75 Å². The Morgan fingerprint density at radius 2 is 2.35 bits per heavy atom. The molecule has 1 aromatic heterocycles. The monoisotopic (exact) mass is 383 g/mol. The van der Waals surface area contributed by atoms with Gasteiger partial charge in [0.05, 0.1) is 10.6 Å². The Morgan fingerprint density at radius 1 is 1.60 bits per heavy atom. The fourth-order valence-corrected chi connectivity index (χ4v) is 2.75. The molecule has 3 N–H and O–H groups in total. The standard InChI is InChI=1S/C10H17N5O2S2.BrH/c1-11-9(5-15(16)17)13-3-4-18-6-8-7-19-10(12-2)14-8;/h5,7,11,13H,3-4,6H2,1-2H3,(H,12,14);1H. The number of halogens is 1. The van der Waals surface area contributed by atoms with Gasteiger partial charge in [-0.25, -0.2) is 4.98 Å². The van der Waals surface area contributed by atoms with Crippen molar-refractivity contribution in [3.05, 3.63) is 33.2 Å². The predicted molar refractivity (Wildman–Crippen MR) is 90.3 cm³/mol. The zero-order valence-electron chi connectivity index (χ0n) is 11.2. The number of hydrogen-bond acceptors (Lipinski definition) is 8. The number of hydrogen-bond donors (Lipinski definition) is 3. The van der Waals surface area contributed by atoms with Crippen LogP contribution in [0.5, 0.6) is 0 Å². The van der Waals surface area contributed by atoms with Gasteiger partial charge in [0.25, 0.3) is 6.20 Å². The number of aromatic nitrogens is 1. The number of nitrogens with zero attached hydrogens (tertiary/aromatic N) is 2. The van der Waals surface area contributed by atoms with Crippen LogP contribution in [0.2, 0.25) is 0 Å². The van der Waals surface area contributed by atoms with Crippen LogP contribution in [0.25, 0.3) is 0 Å². The highest BCUT2D eigenvalue weighted by Crippen LogP contribution is 2.18. The molecule has 0 unspecified atom stereocenters. The second-order valence-electron chi connectivity index (χ2n) is 3.45. The summed E-state index contributed by atoms with van der Waals surface area (Å²) in [7, 11) is 3.49. The van der Waals surface area contributed by atoms with Gasteiger partial charge < -0.3 is 16.0 Å². The zero-order chi connectivity index (χ0) is 14.1. The SMILES string of the molecule is Br.CNC(=C[N+](=O)[O-])NCCSCc1csc(NC)n1. The van der Waals surface area contributed by atoms with E-state index in [0.29, 0.717) is 12.4 Å². The van der Waals surface area contributed by atoms with Crippen molar-refractivity contribution in [3.63, 3.8) is 0 Å². The Kier molecular flexibility index (Phi) is 10.2.